The SMILES string of the molecule is C=c1[nH]c(=O)/c(=C/c2ccc(-c3ccccc3[N+](=O)[O-])o2)s1. The van der Waals surface area contributed by atoms with Crippen LogP contribution in [0.2, 0.25) is 0 Å². The van der Waals surface area contributed by atoms with E-state index in [4.69, 9.17) is 4.42 Å². The minimum absolute atomic E-state index is 0.0302. The molecule has 0 amide bonds. The van der Waals surface area contributed by atoms with Gasteiger partial charge in [0.15, 0.2) is 0 Å². The van der Waals surface area contributed by atoms with E-state index in [1.54, 1.807) is 36.4 Å². The van der Waals surface area contributed by atoms with Gasteiger partial charge in [0.05, 0.1) is 19.7 Å². The van der Waals surface area contributed by atoms with Gasteiger partial charge in [0.1, 0.15) is 11.5 Å². The number of nitro groups is 1. The molecule has 0 saturated heterocycles. The summed E-state index contributed by atoms with van der Waals surface area (Å²) in [5.41, 5.74) is 0.126. The van der Waals surface area contributed by atoms with Gasteiger partial charge >= 0.3 is 0 Å². The molecule has 2 aromatic heterocycles. The van der Waals surface area contributed by atoms with Crippen molar-refractivity contribution < 1.29 is 9.34 Å². The van der Waals surface area contributed by atoms with Crippen molar-refractivity contribution in [3.05, 3.63) is 71.8 Å². The second-order valence-electron chi connectivity index (χ2n) is 4.46. The molecule has 3 rings (SSSR count). The molecule has 6 nitrogen and oxygen atoms in total. The van der Waals surface area contributed by atoms with E-state index in [1.165, 1.54) is 17.4 Å². The Morgan fingerprint density at radius 2 is 2.05 bits per heavy atom. The average molecular weight is 314 g/mol. The topological polar surface area (TPSA) is 89.1 Å². The number of benzene rings is 1. The Labute approximate surface area is 127 Å². The largest absolute Gasteiger partial charge is 0.456 e. The smallest absolute Gasteiger partial charge is 0.280 e. The first-order chi connectivity index (χ1) is 10.5. The quantitative estimate of drug-likeness (QED) is 0.590. The predicted octanol–water partition coefficient (Wildman–Crippen LogP) is 1.84. The lowest BCUT2D eigenvalue weighted by Crippen LogP contribution is -2.19. The van der Waals surface area contributed by atoms with Crippen LogP contribution in [0.5, 0.6) is 0 Å². The van der Waals surface area contributed by atoms with Gasteiger partial charge in [-0.15, -0.1) is 11.3 Å². The van der Waals surface area contributed by atoms with Crippen LogP contribution >= 0.6 is 11.3 Å². The molecule has 0 spiro atoms. The summed E-state index contributed by atoms with van der Waals surface area (Å²) < 4.78 is 6.63. The second kappa shape index (κ2) is 5.45. The van der Waals surface area contributed by atoms with E-state index < -0.39 is 4.92 Å². The van der Waals surface area contributed by atoms with Crippen LogP contribution in [0.15, 0.2) is 45.6 Å². The zero-order valence-electron chi connectivity index (χ0n) is 11.2. The standard InChI is InChI=1S/C15H10N2O4S/c1-9-16-15(18)14(22-9)8-10-6-7-13(21-10)11-4-2-3-5-12(11)17(19)20/h2-8H,1H2,(H,16,18)/b14-8-. The van der Waals surface area contributed by atoms with Crippen molar-refractivity contribution in [3.63, 3.8) is 0 Å². The number of hydrogen-bond acceptors (Lipinski definition) is 5. The fourth-order valence-corrected chi connectivity index (χ4v) is 2.76. The predicted molar refractivity (Wildman–Crippen MR) is 84.1 cm³/mol. The van der Waals surface area contributed by atoms with Crippen LogP contribution < -0.4 is 14.8 Å². The molecule has 1 aromatic carbocycles. The molecule has 110 valence electrons. The van der Waals surface area contributed by atoms with E-state index >= 15 is 0 Å². The minimum Gasteiger partial charge on any atom is -0.456 e. The van der Waals surface area contributed by atoms with Crippen molar-refractivity contribution in [1.29, 1.82) is 0 Å². The Balaban J connectivity index is 2.07. The number of thiazole rings is 1. The highest BCUT2D eigenvalue weighted by molar-refractivity contribution is 7.07. The van der Waals surface area contributed by atoms with Crippen molar-refractivity contribution in [2.24, 2.45) is 0 Å². The van der Waals surface area contributed by atoms with Gasteiger partial charge in [-0.05, 0) is 18.2 Å². The molecule has 0 saturated carbocycles. The van der Waals surface area contributed by atoms with Gasteiger partial charge in [-0.2, -0.15) is 0 Å². The van der Waals surface area contributed by atoms with E-state index in [-0.39, 0.29) is 11.2 Å². The monoisotopic (exact) mass is 314 g/mol. The van der Waals surface area contributed by atoms with Crippen molar-refractivity contribution in [3.8, 4) is 11.3 Å². The summed E-state index contributed by atoms with van der Waals surface area (Å²) in [5, 5.41) is 11.0. The summed E-state index contributed by atoms with van der Waals surface area (Å²) in [6.07, 6.45) is 1.58. The molecule has 2 heterocycles. The lowest BCUT2D eigenvalue weighted by Gasteiger charge is -1.98. The molecule has 0 unspecified atom stereocenters. The van der Waals surface area contributed by atoms with Crippen molar-refractivity contribution >= 4 is 29.7 Å². The fraction of sp³-hybridized carbons (Fsp3) is 0. The summed E-state index contributed by atoms with van der Waals surface area (Å²) in [4.78, 5) is 24.8. The maximum absolute atomic E-state index is 11.6. The third kappa shape index (κ3) is 2.61. The fourth-order valence-electron chi connectivity index (χ4n) is 2.03. The third-order valence-corrected chi connectivity index (χ3v) is 3.85. The van der Waals surface area contributed by atoms with Gasteiger partial charge in [-0.1, -0.05) is 18.7 Å². The maximum atomic E-state index is 11.6. The highest BCUT2D eigenvalue weighted by atomic mass is 32.1. The molecule has 7 heteroatoms. The zero-order chi connectivity index (χ0) is 15.7. The van der Waals surface area contributed by atoms with Crippen LogP contribution in [0.1, 0.15) is 5.76 Å². The number of para-hydroxylation sites is 1. The molecule has 0 radical (unpaired) electrons. The lowest BCUT2D eigenvalue weighted by molar-refractivity contribution is -0.384. The third-order valence-electron chi connectivity index (χ3n) is 2.98. The van der Waals surface area contributed by atoms with Crippen LogP contribution in [0, 0.1) is 10.1 Å². The summed E-state index contributed by atoms with van der Waals surface area (Å²) >= 11 is 1.22. The molecule has 22 heavy (non-hydrogen) atoms. The number of nitrogens with zero attached hydrogens (tertiary/aromatic N) is 1. The summed E-state index contributed by atoms with van der Waals surface area (Å²) in [7, 11) is 0. The van der Waals surface area contributed by atoms with Gasteiger partial charge in [-0.3, -0.25) is 14.9 Å². The van der Waals surface area contributed by atoms with Crippen LogP contribution in [0.3, 0.4) is 0 Å². The van der Waals surface area contributed by atoms with E-state index in [1.807, 2.05) is 0 Å². The normalized spacial score (nSPS) is 11.7. The summed E-state index contributed by atoms with van der Waals surface area (Å²) in [6.45, 7) is 3.66. The number of furan rings is 1. The molecule has 0 aliphatic heterocycles. The van der Waals surface area contributed by atoms with Crippen molar-refractivity contribution in [2.75, 3.05) is 0 Å². The van der Waals surface area contributed by atoms with Crippen LogP contribution in [0.25, 0.3) is 24.0 Å². The highest BCUT2D eigenvalue weighted by Gasteiger charge is 2.16. The van der Waals surface area contributed by atoms with E-state index in [9.17, 15) is 14.9 Å². The average Bonchev–Trinajstić information content (AvgIpc) is 3.06. The number of aromatic nitrogens is 1. The number of rotatable bonds is 3. The van der Waals surface area contributed by atoms with Gasteiger partial charge in [0.2, 0.25) is 0 Å². The number of nitro benzene ring substituents is 1. The Kier molecular flexibility index (Phi) is 3.48. The molecule has 1 N–H and O–H groups in total. The van der Waals surface area contributed by atoms with Crippen LogP contribution in [-0.4, -0.2) is 9.91 Å². The van der Waals surface area contributed by atoms with E-state index in [2.05, 4.69) is 11.6 Å². The lowest BCUT2D eigenvalue weighted by atomic mass is 10.1. The number of nitrogens with one attached hydrogen (secondary N) is 1. The molecular formula is C15H10N2O4S. The summed E-state index contributed by atoms with van der Waals surface area (Å²) in [5.74, 6) is 0.821. The van der Waals surface area contributed by atoms with E-state index in [0.717, 1.165) is 0 Å². The number of aromatic amines is 1. The Bertz CT molecular complexity index is 1010. The molecule has 0 aliphatic rings. The molecule has 0 fully saturated rings. The first-order valence-electron chi connectivity index (χ1n) is 6.28. The Morgan fingerprint density at radius 1 is 1.27 bits per heavy atom. The van der Waals surface area contributed by atoms with Crippen LogP contribution in [0.4, 0.5) is 5.69 Å². The zero-order valence-corrected chi connectivity index (χ0v) is 12.1. The number of H-pyrrole nitrogens is 1. The molecule has 0 aliphatic carbocycles. The second-order valence-corrected chi connectivity index (χ2v) is 5.60. The van der Waals surface area contributed by atoms with Crippen LogP contribution in [-0.2, 0) is 0 Å². The van der Waals surface area contributed by atoms with Gasteiger partial charge in [0, 0.05) is 12.1 Å². The number of hydrogen-bond donors (Lipinski definition) is 1. The first-order valence-corrected chi connectivity index (χ1v) is 7.09. The highest BCUT2D eigenvalue weighted by Crippen LogP contribution is 2.30. The Morgan fingerprint density at radius 3 is 2.73 bits per heavy atom. The minimum atomic E-state index is -0.458. The maximum Gasteiger partial charge on any atom is 0.280 e. The van der Waals surface area contributed by atoms with Crippen molar-refractivity contribution in [2.45, 2.75) is 0 Å². The van der Waals surface area contributed by atoms with Crippen molar-refractivity contribution in [1.82, 2.24) is 4.98 Å². The van der Waals surface area contributed by atoms with Gasteiger partial charge in [0.25, 0.3) is 11.2 Å². The van der Waals surface area contributed by atoms with Gasteiger partial charge < -0.3 is 9.40 Å². The molecular weight excluding hydrogens is 304 g/mol. The Hall–Kier alpha value is -2.93. The molecule has 0 atom stereocenters. The van der Waals surface area contributed by atoms with E-state index in [0.29, 0.717) is 26.3 Å². The van der Waals surface area contributed by atoms with Gasteiger partial charge in [-0.25, -0.2) is 0 Å². The first kappa shape index (κ1) is 14.0. The molecule has 3 aromatic rings. The molecule has 0 bridgehead atoms. The summed E-state index contributed by atoms with van der Waals surface area (Å²) in [6, 6.07) is 9.63.